The molecule has 0 spiro atoms. The van der Waals surface area contributed by atoms with Gasteiger partial charge in [0.2, 0.25) is 0 Å². The topological polar surface area (TPSA) is 83.1 Å². The molecule has 7 nitrogen and oxygen atoms in total. The van der Waals surface area contributed by atoms with E-state index < -0.39 is 0 Å². The first-order chi connectivity index (χ1) is 11.7. The number of carbonyl (C=O) groups is 1. The van der Waals surface area contributed by atoms with Crippen LogP contribution in [-0.2, 0) is 0 Å². The first-order valence-electron chi connectivity index (χ1n) is 8.25. The van der Waals surface area contributed by atoms with Crippen LogP contribution in [0.1, 0.15) is 35.8 Å². The Morgan fingerprint density at radius 1 is 1.50 bits per heavy atom. The number of aromatic nitrogens is 3. The molecule has 0 aliphatic carbocycles. The number of rotatable bonds is 5. The van der Waals surface area contributed by atoms with E-state index in [1.165, 1.54) is 0 Å². The summed E-state index contributed by atoms with van der Waals surface area (Å²) < 4.78 is 5.55. The molecule has 1 aliphatic heterocycles. The highest BCUT2D eigenvalue weighted by atomic mass is 16.5. The summed E-state index contributed by atoms with van der Waals surface area (Å²) in [6.45, 7) is 5.63. The quantitative estimate of drug-likeness (QED) is 0.825. The molecule has 0 aromatic carbocycles. The van der Waals surface area contributed by atoms with Crippen LogP contribution in [0.15, 0.2) is 24.5 Å². The first-order valence-corrected chi connectivity index (χ1v) is 8.25. The van der Waals surface area contributed by atoms with Crippen molar-refractivity contribution in [3.8, 4) is 5.75 Å². The Bertz CT molecular complexity index is 666. The number of ether oxygens (including phenoxy) is 1. The summed E-state index contributed by atoms with van der Waals surface area (Å²) in [5.74, 6) is 0.704. The van der Waals surface area contributed by atoms with E-state index in [4.69, 9.17) is 4.74 Å². The lowest BCUT2D eigenvalue weighted by atomic mass is 10.0. The van der Waals surface area contributed by atoms with Crippen molar-refractivity contribution >= 4 is 6.03 Å². The number of H-pyrrole nitrogens is 1. The number of hydrogen-bond acceptors (Lipinski definition) is 4. The highest BCUT2D eigenvalue weighted by molar-refractivity contribution is 5.75. The lowest BCUT2D eigenvalue weighted by Gasteiger charge is -2.25. The second-order valence-corrected chi connectivity index (χ2v) is 5.97. The molecule has 1 aliphatic rings. The normalized spacial score (nSPS) is 17.1. The molecule has 3 rings (SSSR count). The van der Waals surface area contributed by atoms with Crippen molar-refractivity contribution in [1.82, 2.24) is 25.4 Å². The van der Waals surface area contributed by atoms with Gasteiger partial charge in [-0.1, -0.05) is 0 Å². The first kappa shape index (κ1) is 16.3. The van der Waals surface area contributed by atoms with Crippen LogP contribution in [-0.4, -0.2) is 45.8 Å². The van der Waals surface area contributed by atoms with Crippen molar-refractivity contribution in [3.05, 3.63) is 41.5 Å². The average molecular weight is 329 g/mol. The standard InChI is InChI=1S/C17H23N5O2/c1-12-16(13(2)21-20-12)15-6-4-9-22(15)17(23)19-8-10-24-14-5-3-7-18-11-14/h3,5,7,11,15H,4,6,8-10H2,1-2H3,(H,19,23)(H,20,21)/t15-/m1/s1. The third kappa shape index (κ3) is 3.50. The van der Waals surface area contributed by atoms with Crippen molar-refractivity contribution in [3.63, 3.8) is 0 Å². The van der Waals surface area contributed by atoms with Crippen molar-refractivity contribution < 1.29 is 9.53 Å². The van der Waals surface area contributed by atoms with Gasteiger partial charge in [-0.15, -0.1) is 0 Å². The minimum atomic E-state index is -0.0488. The largest absolute Gasteiger partial charge is 0.490 e. The fraction of sp³-hybridized carbons (Fsp3) is 0.471. The Morgan fingerprint density at radius 2 is 2.38 bits per heavy atom. The monoisotopic (exact) mass is 329 g/mol. The van der Waals surface area contributed by atoms with Gasteiger partial charge in [0, 0.05) is 24.0 Å². The van der Waals surface area contributed by atoms with Crippen LogP contribution >= 0.6 is 0 Å². The molecule has 2 aromatic heterocycles. The van der Waals surface area contributed by atoms with Gasteiger partial charge >= 0.3 is 6.03 Å². The fourth-order valence-electron chi connectivity index (χ4n) is 3.22. The zero-order valence-electron chi connectivity index (χ0n) is 14.1. The summed E-state index contributed by atoms with van der Waals surface area (Å²) >= 11 is 0. The highest BCUT2D eigenvalue weighted by Crippen LogP contribution is 2.34. The number of likely N-dealkylation sites (tertiary alicyclic amines) is 1. The van der Waals surface area contributed by atoms with E-state index in [2.05, 4.69) is 20.5 Å². The predicted molar refractivity (Wildman–Crippen MR) is 89.9 cm³/mol. The number of urea groups is 1. The van der Waals surface area contributed by atoms with E-state index in [0.717, 1.165) is 36.3 Å². The number of hydrogen-bond donors (Lipinski definition) is 2. The Hall–Kier alpha value is -2.57. The number of pyridine rings is 1. The third-order valence-corrected chi connectivity index (χ3v) is 4.31. The molecule has 24 heavy (non-hydrogen) atoms. The van der Waals surface area contributed by atoms with Crippen LogP contribution in [0.4, 0.5) is 4.79 Å². The molecule has 1 fully saturated rings. The van der Waals surface area contributed by atoms with Crippen LogP contribution in [0.5, 0.6) is 5.75 Å². The number of aryl methyl sites for hydroxylation is 2. The smallest absolute Gasteiger partial charge is 0.318 e. The van der Waals surface area contributed by atoms with E-state index in [0.29, 0.717) is 18.9 Å². The molecule has 0 unspecified atom stereocenters. The van der Waals surface area contributed by atoms with E-state index in [-0.39, 0.29) is 12.1 Å². The second-order valence-electron chi connectivity index (χ2n) is 5.97. The van der Waals surface area contributed by atoms with Crippen LogP contribution in [0.2, 0.25) is 0 Å². The van der Waals surface area contributed by atoms with Crippen LogP contribution in [0.25, 0.3) is 0 Å². The summed E-state index contributed by atoms with van der Waals surface area (Å²) in [6, 6.07) is 3.71. The Kier molecular flexibility index (Phi) is 4.98. The van der Waals surface area contributed by atoms with Crippen LogP contribution in [0.3, 0.4) is 0 Å². The number of amides is 2. The van der Waals surface area contributed by atoms with Gasteiger partial charge in [-0.2, -0.15) is 5.10 Å². The van der Waals surface area contributed by atoms with Gasteiger partial charge in [-0.05, 0) is 38.8 Å². The molecular weight excluding hydrogens is 306 g/mol. The van der Waals surface area contributed by atoms with Crippen LogP contribution < -0.4 is 10.1 Å². The van der Waals surface area contributed by atoms with Gasteiger partial charge in [-0.25, -0.2) is 4.79 Å². The van der Waals surface area contributed by atoms with Gasteiger partial charge in [-0.3, -0.25) is 10.1 Å². The van der Waals surface area contributed by atoms with Crippen molar-refractivity contribution in [2.75, 3.05) is 19.7 Å². The van der Waals surface area contributed by atoms with E-state index in [1.807, 2.05) is 30.9 Å². The zero-order chi connectivity index (χ0) is 16.9. The molecule has 2 N–H and O–H groups in total. The van der Waals surface area contributed by atoms with Crippen LogP contribution in [0, 0.1) is 13.8 Å². The molecule has 2 aromatic rings. The Labute approximate surface area is 141 Å². The number of carbonyl (C=O) groups excluding carboxylic acids is 1. The summed E-state index contributed by atoms with van der Waals surface area (Å²) in [6.07, 6.45) is 5.33. The maximum Gasteiger partial charge on any atom is 0.318 e. The maximum absolute atomic E-state index is 12.5. The van der Waals surface area contributed by atoms with E-state index in [9.17, 15) is 4.79 Å². The molecular formula is C17H23N5O2. The molecule has 2 amide bonds. The van der Waals surface area contributed by atoms with Gasteiger partial charge in [0.15, 0.2) is 0 Å². The van der Waals surface area contributed by atoms with Crippen molar-refractivity contribution in [2.24, 2.45) is 0 Å². The van der Waals surface area contributed by atoms with Gasteiger partial charge < -0.3 is 15.0 Å². The second kappa shape index (κ2) is 7.33. The SMILES string of the molecule is Cc1n[nH]c(C)c1[C@H]1CCCN1C(=O)NCCOc1cccnc1. The lowest BCUT2D eigenvalue weighted by molar-refractivity contribution is 0.189. The number of nitrogens with one attached hydrogen (secondary N) is 2. The molecule has 0 bridgehead atoms. The summed E-state index contributed by atoms with van der Waals surface area (Å²) in [5.41, 5.74) is 3.16. The minimum absolute atomic E-state index is 0.0488. The predicted octanol–water partition coefficient (Wildman–Crippen LogP) is 2.35. The molecule has 7 heteroatoms. The number of aromatic amines is 1. The summed E-state index contributed by atoms with van der Waals surface area (Å²) in [7, 11) is 0. The molecule has 128 valence electrons. The molecule has 1 atom stereocenters. The third-order valence-electron chi connectivity index (χ3n) is 4.31. The summed E-state index contributed by atoms with van der Waals surface area (Å²) in [5, 5.41) is 10.2. The molecule has 1 saturated heterocycles. The Balaban J connectivity index is 1.52. The number of nitrogens with zero attached hydrogens (tertiary/aromatic N) is 3. The molecule has 3 heterocycles. The van der Waals surface area contributed by atoms with Gasteiger partial charge in [0.05, 0.1) is 24.5 Å². The van der Waals surface area contributed by atoms with Gasteiger partial charge in [0.1, 0.15) is 12.4 Å². The Morgan fingerprint density at radius 3 is 3.08 bits per heavy atom. The minimum Gasteiger partial charge on any atom is -0.490 e. The van der Waals surface area contributed by atoms with Crippen molar-refractivity contribution in [2.45, 2.75) is 32.7 Å². The average Bonchev–Trinajstić information content (AvgIpc) is 3.19. The fourth-order valence-corrected chi connectivity index (χ4v) is 3.22. The summed E-state index contributed by atoms with van der Waals surface area (Å²) in [4.78, 5) is 18.4. The van der Waals surface area contributed by atoms with Crippen molar-refractivity contribution in [1.29, 1.82) is 0 Å². The van der Waals surface area contributed by atoms with E-state index >= 15 is 0 Å². The maximum atomic E-state index is 12.5. The van der Waals surface area contributed by atoms with E-state index in [1.54, 1.807) is 12.4 Å². The lowest BCUT2D eigenvalue weighted by Crippen LogP contribution is -2.41. The molecule has 0 saturated carbocycles. The highest BCUT2D eigenvalue weighted by Gasteiger charge is 2.32. The van der Waals surface area contributed by atoms with Gasteiger partial charge in [0.25, 0.3) is 0 Å². The zero-order valence-corrected chi connectivity index (χ0v) is 14.1. The molecule has 0 radical (unpaired) electrons.